The highest BCUT2D eigenvalue weighted by atomic mass is 32.2. The van der Waals surface area contributed by atoms with Crippen LogP contribution in [0, 0.1) is 6.92 Å². The van der Waals surface area contributed by atoms with Crippen molar-refractivity contribution < 1.29 is 8.42 Å². The van der Waals surface area contributed by atoms with Crippen molar-refractivity contribution in [3.05, 3.63) is 29.8 Å². The van der Waals surface area contributed by atoms with Crippen LogP contribution in [0.3, 0.4) is 0 Å². The quantitative estimate of drug-likeness (QED) is 0.895. The number of benzene rings is 1. The first-order valence-corrected chi connectivity index (χ1v) is 8.29. The molecular formula is C14H22N2O2S. The van der Waals surface area contributed by atoms with Crippen LogP contribution in [0.2, 0.25) is 0 Å². The third-order valence-electron chi connectivity index (χ3n) is 3.65. The molecule has 2 rings (SSSR count). The summed E-state index contributed by atoms with van der Waals surface area (Å²) in [4.78, 5) is 0.426. The fourth-order valence-electron chi connectivity index (χ4n) is 2.54. The monoisotopic (exact) mass is 282 g/mol. The summed E-state index contributed by atoms with van der Waals surface area (Å²) in [5, 5.41) is 3.35. The van der Waals surface area contributed by atoms with Gasteiger partial charge in [-0.2, -0.15) is 4.31 Å². The molecule has 0 spiro atoms. The maximum Gasteiger partial charge on any atom is 0.243 e. The van der Waals surface area contributed by atoms with Crippen LogP contribution in [0.5, 0.6) is 0 Å². The van der Waals surface area contributed by atoms with E-state index in [4.69, 9.17) is 0 Å². The van der Waals surface area contributed by atoms with Gasteiger partial charge in [0.2, 0.25) is 10.0 Å². The second-order valence-corrected chi connectivity index (χ2v) is 6.92. The highest BCUT2D eigenvalue weighted by Crippen LogP contribution is 2.20. The summed E-state index contributed by atoms with van der Waals surface area (Å²) in [6, 6.07) is 7.47. The number of rotatable bonds is 5. The van der Waals surface area contributed by atoms with E-state index in [1.807, 2.05) is 26.0 Å². The van der Waals surface area contributed by atoms with Crippen molar-refractivity contribution in [1.82, 2.24) is 9.62 Å². The molecule has 1 aromatic rings. The topological polar surface area (TPSA) is 49.4 Å². The summed E-state index contributed by atoms with van der Waals surface area (Å²) in [5.74, 6) is 0. The second kappa shape index (κ2) is 6.03. The molecule has 1 saturated heterocycles. The third kappa shape index (κ3) is 3.16. The van der Waals surface area contributed by atoms with Crippen LogP contribution in [-0.4, -0.2) is 38.4 Å². The normalized spacial score (nSPS) is 20.1. The first-order chi connectivity index (χ1) is 9.05. The molecule has 0 aromatic heterocycles. The molecule has 1 atom stereocenters. The van der Waals surface area contributed by atoms with Crippen LogP contribution in [0.25, 0.3) is 0 Å². The van der Waals surface area contributed by atoms with Crippen LogP contribution in [0.15, 0.2) is 29.2 Å². The molecule has 1 aliphatic heterocycles. The number of aryl methyl sites for hydroxylation is 1. The van der Waals surface area contributed by atoms with Crippen LogP contribution in [0.4, 0.5) is 0 Å². The maximum atomic E-state index is 12.7. The molecule has 0 aliphatic carbocycles. The number of likely N-dealkylation sites (N-methyl/N-ethyl adjacent to an activating group) is 1. The maximum absolute atomic E-state index is 12.7. The van der Waals surface area contributed by atoms with E-state index in [-0.39, 0.29) is 0 Å². The SMILES string of the molecule is CCN(CC1CCCN1)S(=O)(=O)c1ccccc1C. The van der Waals surface area contributed by atoms with Gasteiger partial charge in [-0.05, 0) is 37.9 Å². The number of nitrogens with one attached hydrogen (secondary N) is 1. The minimum Gasteiger partial charge on any atom is -0.313 e. The minimum absolute atomic E-state index is 0.291. The first-order valence-electron chi connectivity index (χ1n) is 6.85. The van der Waals surface area contributed by atoms with Crippen LogP contribution < -0.4 is 5.32 Å². The van der Waals surface area contributed by atoms with Crippen molar-refractivity contribution >= 4 is 10.0 Å². The lowest BCUT2D eigenvalue weighted by atomic mass is 10.2. The van der Waals surface area contributed by atoms with E-state index >= 15 is 0 Å². The number of hydrogen-bond acceptors (Lipinski definition) is 3. The summed E-state index contributed by atoms with van der Waals surface area (Å²) in [5.41, 5.74) is 0.806. The summed E-state index contributed by atoms with van der Waals surface area (Å²) in [7, 11) is -3.38. The second-order valence-electron chi connectivity index (χ2n) is 5.01. The van der Waals surface area contributed by atoms with Crippen molar-refractivity contribution in [3.8, 4) is 0 Å². The Morgan fingerprint density at radius 2 is 2.11 bits per heavy atom. The lowest BCUT2D eigenvalue weighted by Crippen LogP contribution is -2.41. The molecular weight excluding hydrogens is 260 g/mol. The summed E-state index contributed by atoms with van der Waals surface area (Å²) < 4.78 is 26.9. The molecule has 0 bridgehead atoms. The van der Waals surface area contributed by atoms with Gasteiger partial charge in [0.25, 0.3) is 0 Å². The Morgan fingerprint density at radius 3 is 2.68 bits per heavy atom. The van der Waals surface area contributed by atoms with Crippen molar-refractivity contribution in [3.63, 3.8) is 0 Å². The average Bonchev–Trinajstić information content (AvgIpc) is 2.89. The fraction of sp³-hybridized carbons (Fsp3) is 0.571. The molecule has 4 nitrogen and oxygen atoms in total. The standard InChI is InChI=1S/C14H22N2O2S/c1-3-16(11-13-8-6-10-15-13)19(17,18)14-9-5-4-7-12(14)2/h4-5,7,9,13,15H,3,6,8,10-11H2,1-2H3. The molecule has 0 saturated carbocycles. The summed E-state index contributed by atoms with van der Waals surface area (Å²) in [6.07, 6.45) is 2.19. The van der Waals surface area contributed by atoms with E-state index in [0.717, 1.165) is 24.9 Å². The molecule has 0 amide bonds. The Kier molecular flexibility index (Phi) is 4.60. The Morgan fingerprint density at radius 1 is 1.37 bits per heavy atom. The number of nitrogens with zero attached hydrogens (tertiary/aromatic N) is 1. The Balaban J connectivity index is 2.23. The molecule has 1 aliphatic rings. The summed E-state index contributed by atoms with van der Waals surface area (Å²) in [6.45, 7) is 5.80. The van der Waals surface area contributed by atoms with E-state index < -0.39 is 10.0 Å². The third-order valence-corrected chi connectivity index (χ3v) is 5.75. The zero-order valence-corrected chi connectivity index (χ0v) is 12.4. The van der Waals surface area contributed by atoms with E-state index in [2.05, 4.69) is 5.32 Å². The summed E-state index contributed by atoms with van der Waals surface area (Å²) >= 11 is 0. The molecule has 0 radical (unpaired) electrons. The van der Waals surface area contributed by atoms with Crippen LogP contribution >= 0.6 is 0 Å². The zero-order chi connectivity index (χ0) is 13.9. The molecule has 1 unspecified atom stereocenters. The predicted octanol–water partition coefficient (Wildman–Crippen LogP) is 1.76. The van der Waals surface area contributed by atoms with Gasteiger partial charge in [0.05, 0.1) is 4.90 Å². The molecule has 1 N–H and O–H groups in total. The van der Waals surface area contributed by atoms with Gasteiger partial charge in [-0.3, -0.25) is 0 Å². The van der Waals surface area contributed by atoms with Gasteiger partial charge in [0.15, 0.2) is 0 Å². The van der Waals surface area contributed by atoms with E-state index in [1.165, 1.54) is 0 Å². The molecule has 1 aromatic carbocycles. The average molecular weight is 282 g/mol. The van der Waals surface area contributed by atoms with E-state index in [9.17, 15) is 8.42 Å². The highest BCUT2D eigenvalue weighted by Gasteiger charge is 2.27. The molecule has 1 heterocycles. The molecule has 106 valence electrons. The molecule has 1 fully saturated rings. The lowest BCUT2D eigenvalue weighted by Gasteiger charge is -2.24. The Hall–Kier alpha value is -0.910. The van der Waals surface area contributed by atoms with Gasteiger partial charge >= 0.3 is 0 Å². The van der Waals surface area contributed by atoms with Gasteiger partial charge in [0.1, 0.15) is 0 Å². The lowest BCUT2D eigenvalue weighted by molar-refractivity contribution is 0.382. The zero-order valence-electron chi connectivity index (χ0n) is 11.6. The van der Waals surface area contributed by atoms with Crippen molar-refractivity contribution in [2.45, 2.75) is 37.6 Å². The predicted molar refractivity (Wildman–Crippen MR) is 76.6 cm³/mol. The highest BCUT2D eigenvalue weighted by molar-refractivity contribution is 7.89. The minimum atomic E-state index is -3.38. The Labute approximate surface area is 115 Å². The van der Waals surface area contributed by atoms with Crippen LogP contribution in [-0.2, 0) is 10.0 Å². The molecule has 5 heteroatoms. The van der Waals surface area contributed by atoms with Gasteiger partial charge in [-0.1, -0.05) is 25.1 Å². The Bertz CT molecular complexity index is 522. The van der Waals surface area contributed by atoms with E-state index in [0.29, 0.717) is 24.0 Å². The fourth-order valence-corrected chi connectivity index (χ4v) is 4.26. The smallest absolute Gasteiger partial charge is 0.243 e. The number of sulfonamides is 1. The van der Waals surface area contributed by atoms with E-state index in [1.54, 1.807) is 16.4 Å². The molecule has 19 heavy (non-hydrogen) atoms. The largest absolute Gasteiger partial charge is 0.313 e. The number of hydrogen-bond donors (Lipinski definition) is 1. The van der Waals surface area contributed by atoms with Crippen LogP contribution in [0.1, 0.15) is 25.3 Å². The van der Waals surface area contributed by atoms with Gasteiger partial charge in [0, 0.05) is 19.1 Å². The first kappa shape index (κ1) is 14.5. The van der Waals surface area contributed by atoms with Crippen molar-refractivity contribution in [2.24, 2.45) is 0 Å². The van der Waals surface area contributed by atoms with Gasteiger partial charge in [-0.15, -0.1) is 0 Å². The van der Waals surface area contributed by atoms with Crippen molar-refractivity contribution in [1.29, 1.82) is 0 Å². The van der Waals surface area contributed by atoms with Gasteiger partial charge in [-0.25, -0.2) is 8.42 Å². The van der Waals surface area contributed by atoms with Crippen molar-refractivity contribution in [2.75, 3.05) is 19.6 Å². The van der Waals surface area contributed by atoms with Gasteiger partial charge < -0.3 is 5.32 Å².